The van der Waals surface area contributed by atoms with Gasteiger partial charge < -0.3 is 0 Å². The first-order valence-electron chi connectivity index (χ1n) is 5.24. The SMILES string of the molecule is O=S(=O)(Nc1cn[nH]c1)c1csc2ccc(Cl)cc12. The maximum atomic E-state index is 12.3. The van der Waals surface area contributed by atoms with Gasteiger partial charge in [-0.05, 0) is 18.2 Å². The summed E-state index contributed by atoms with van der Waals surface area (Å²) in [6.07, 6.45) is 2.87. The van der Waals surface area contributed by atoms with Crippen molar-refractivity contribution in [2.24, 2.45) is 0 Å². The molecule has 0 saturated heterocycles. The average molecular weight is 314 g/mol. The van der Waals surface area contributed by atoms with Crippen LogP contribution in [0.5, 0.6) is 0 Å². The van der Waals surface area contributed by atoms with Crippen molar-refractivity contribution in [2.45, 2.75) is 4.90 Å². The Hall–Kier alpha value is -1.57. The number of hydrogen-bond acceptors (Lipinski definition) is 4. The summed E-state index contributed by atoms with van der Waals surface area (Å²) in [6.45, 7) is 0. The van der Waals surface area contributed by atoms with E-state index in [9.17, 15) is 8.42 Å². The van der Waals surface area contributed by atoms with Crippen molar-refractivity contribution in [3.05, 3.63) is 41.0 Å². The topological polar surface area (TPSA) is 74.8 Å². The van der Waals surface area contributed by atoms with E-state index >= 15 is 0 Å². The highest BCUT2D eigenvalue weighted by Gasteiger charge is 2.19. The zero-order valence-corrected chi connectivity index (χ0v) is 11.8. The van der Waals surface area contributed by atoms with Crippen LogP contribution in [0.25, 0.3) is 10.1 Å². The van der Waals surface area contributed by atoms with E-state index in [0.29, 0.717) is 16.1 Å². The van der Waals surface area contributed by atoms with Gasteiger partial charge in [0.25, 0.3) is 10.0 Å². The number of fused-ring (bicyclic) bond motifs is 1. The van der Waals surface area contributed by atoms with E-state index in [1.54, 1.807) is 23.6 Å². The Morgan fingerprint density at radius 2 is 2.21 bits per heavy atom. The van der Waals surface area contributed by atoms with Gasteiger partial charge in [0.15, 0.2) is 0 Å². The molecule has 0 bridgehead atoms. The molecule has 0 amide bonds. The molecule has 8 heteroatoms. The monoisotopic (exact) mass is 313 g/mol. The minimum atomic E-state index is -3.64. The number of aromatic amines is 1. The van der Waals surface area contributed by atoms with Crippen molar-refractivity contribution < 1.29 is 8.42 Å². The van der Waals surface area contributed by atoms with E-state index in [-0.39, 0.29) is 4.90 Å². The molecule has 5 nitrogen and oxygen atoms in total. The summed E-state index contributed by atoms with van der Waals surface area (Å²) in [7, 11) is -3.64. The third-order valence-electron chi connectivity index (χ3n) is 2.54. The lowest BCUT2D eigenvalue weighted by Gasteiger charge is -2.04. The van der Waals surface area contributed by atoms with E-state index in [4.69, 9.17) is 11.6 Å². The molecule has 3 aromatic rings. The first-order chi connectivity index (χ1) is 9.06. The number of nitrogens with one attached hydrogen (secondary N) is 2. The smallest absolute Gasteiger partial charge is 0.263 e. The van der Waals surface area contributed by atoms with Gasteiger partial charge in [0.1, 0.15) is 4.90 Å². The number of H-pyrrole nitrogens is 1. The van der Waals surface area contributed by atoms with E-state index < -0.39 is 10.0 Å². The predicted molar refractivity (Wildman–Crippen MR) is 76.2 cm³/mol. The molecule has 1 aromatic carbocycles. The molecular weight excluding hydrogens is 306 g/mol. The number of rotatable bonds is 3. The molecule has 0 radical (unpaired) electrons. The molecule has 0 atom stereocenters. The Morgan fingerprint density at radius 3 is 2.95 bits per heavy atom. The van der Waals surface area contributed by atoms with Gasteiger partial charge >= 0.3 is 0 Å². The van der Waals surface area contributed by atoms with Crippen molar-refractivity contribution in [3.8, 4) is 0 Å². The lowest BCUT2D eigenvalue weighted by molar-refractivity contribution is 0.602. The number of hydrogen-bond donors (Lipinski definition) is 2. The fourth-order valence-electron chi connectivity index (χ4n) is 1.70. The molecule has 2 heterocycles. The Kier molecular flexibility index (Phi) is 2.96. The first kappa shape index (κ1) is 12.5. The zero-order chi connectivity index (χ0) is 13.5. The molecule has 2 aromatic heterocycles. The fraction of sp³-hybridized carbons (Fsp3) is 0. The van der Waals surface area contributed by atoms with Gasteiger partial charge in [0, 0.05) is 26.7 Å². The normalized spacial score (nSPS) is 11.8. The molecule has 2 N–H and O–H groups in total. The summed E-state index contributed by atoms with van der Waals surface area (Å²) < 4.78 is 27.9. The van der Waals surface area contributed by atoms with Crippen molar-refractivity contribution in [1.82, 2.24) is 10.2 Å². The molecule has 98 valence electrons. The van der Waals surface area contributed by atoms with E-state index in [2.05, 4.69) is 14.9 Å². The molecule has 19 heavy (non-hydrogen) atoms. The molecule has 3 rings (SSSR count). The first-order valence-corrected chi connectivity index (χ1v) is 7.99. The highest BCUT2D eigenvalue weighted by atomic mass is 35.5. The van der Waals surface area contributed by atoms with Crippen LogP contribution in [-0.4, -0.2) is 18.6 Å². The maximum Gasteiger partial charge on any atom is 0.263 e. The van der Waals surface area contributed by atoms with Crippen molar-refractivity contribution in [3.63, 3.8) is 0 Å². The largest absolute Gasteiger partial charge is 0.284 e. The third kappa shape index (κ3) is 2.32. The van der Waals surface area contributed by atoms with E-state index in [1.807, 2.05) is 0 Å². The number of aromatic nitrogens is 2. The molecule has 0 saturated carbocycles. The van der Waals surface area contributed by atoms with Gasteiger partial charge in [-0.25, -0.2) is 8.42 Å². The van der Waals surface area contributed by atoms with Crippen LogP contribution in [0.4, 0.5) is 5.69 Å². The lowest BCUT2D eigenvalue weighted by atomic mass is 10.3. The summed E-state index contributed by atoms with van der Waals surface area (Å²) in [5, 5.41) is 8.97. The molecule has 0 aliphatic heterocycles. The second-order valence-electron chi connectivity index (χ2n) is 3.83. The zero-order valence-electron chi connectivity index (χ0n) is 9.42. The Labute approximate surface area is 118 Å². The summed E-state index contributed by atoms with van der Waals surface area (Å²) in [6, 6.07) is 5.19. The van der Waals surface area contributed by atoms with Gasteiger partial charge in [-0.3, -0.25) is 9.82 Å². The summed E-state index contributed by atoms with van der Waals surface area (Å²) in [4.78, 5) is 0.219. The standard InChI is InChI=1S/C11H8ClN3O2S2/c12-7-1-2-10-9(3-7)11(6-18-10)19(16,17)15-8-4-13-14-5-8/h1-6,15H,(H,13,14). The predicted octanol–water partition coefficient (Wildman–Crippen LogP) is 3.08. The average Bonchev–Trinajstić information content (AvgIpc) is 2.96. The maximum absolute atomic E-state index is 12.3. The number of thiophene rings is 1. The van der Waals surface area contributed by atoms with Crippen LogP contribution >= 0.6 is 22.9 Å². The second-order valence-corrected chi connectivity index (χ2v) is 6.83. The van der Waals surface area contributed by atoms with Crippen LogP contribution in [0, 0.1) is 0 Å². The molecular formula is C11H8ClN3O2S2. The highest BCUT2D eigenvalue weighted by molar-refractivity contribution is 7.93. The number of benzene rings is 1. The van der Waals surface area contributed by atoms with Gasteiger partial charge in [-0.2, -0.15) is 5.10 Å². The van der Waals surface area contributed by atoms with E-state index in [1.165, 1.54) is 23.7 Å². The van der Waals surface area contributed by atoms with Crippen LogP contribution in [-0.2, 0) is 10.0 Å². The minimum absolute atomic E-state index is 0.219. The molecule has 0 fully saturated rings. The molecule has 0 unspecified atom stereocenters. The summed E-state index contributed by atoms with van der Waals surface area (Å²) in [5.41, 5.74) is 0.390. The molecule has 0 spiro atoms. The molecule has 0 aliphatic rings. The van der Waals surface area contributed by atoms with Crippen LogP contribution in [0.2, 0.25) is 5.02 Å². The van der Waals surface area contributed by atoms with Gasteiger partial charge in [-0.1, -0.05) is 11.6 Å². The lowest BCUT2D eigenvalue weighted by Crippen LogP contribution is -2.11. The van der Waals surface area contributed by atoms with Gasteiger partial charge in [0.2, 0.25) is 0 Å². The second kappa shape index (κ2) is 4.52. The summed E-state index contributed by atoms with van der Waals surface area (Å²) in [5.74, 6) is 0. The Morgan fingerprint density at radius 1 is 1.37 bits per heavy atom. The minimum Gasteiger partial charge on any atom is -0.284 e. The van der Waals surface area contributed by atoms with E-state index in [0.717, 1.165) is 4.70 Å². The van der Waals surface area contributed by atoms with Gasteiger partial charge in [0.05, 0.1) is 11.9 Å². The number of anilines is 1. The summed E-state index contributed by atoms with van der Waals surface area (Å²) >= 11 is 7.28. The van der Waals surface area contributed by atoms with Crippen molar-refractivity contribution >= 4 is 48.7 Å². The molecule has 0 aliphatic carbocycles. The number of nitrogens with zero attached hydrogens (tertiary/aromatic N) is 1. The Bertz CT molecular complexity index is 825. The fourth-order valence-corrected chi connectivity index (χ4v) is 4.38. The van der Waals surface area contributed by atoms with Crippen LogP contribution < -0.4 is 4.72 Å². The van der Waals surface area contributed by atoms with Crippen LogP contribution in [0.15, 0.2) is 40.9 Å². The number of sulfonamides is 1. The van der Waals surface area contributed by atoms with Crippen molar-refractivity contribution in [2.75, 3.05) is 4.72 Å². The quantitative estimate of drug-likeness (QED) is 0.780. The van der Waals surface area contributed by atoms with Gasteiger partial charge in [-0.15, -0.1) is 11.3 Å². The number of halogens is 1. The Balaban J connectivity index is 2.10. The van der Waals surface area contributed by atoms with Crippen LogP contribution in [0.3, 0.4) is 0 Å². The van der Waals surface area contributed by atoms with Crippen LogP contribution in [0.1, 0.15) is 0 Å². The van der Waals surface area contributed by atoms with Crippen molar-refractivity contribution in [1.29, 1.82) is 0 Å². The highest BCUT2D eigenvalue weighted by Crippen LogP contribution is 2.32. The third-order valence-corrected chi connectivity index (χ3v) is 5.31.